The fraction of sp³-hybridized carbons (Fsp3) is 0.923. The summed E-state index contributed by atoms with van der Waals surface area (Å²) in [6, 6.07) is 0.0740. The molecule has 1 amide bonds. The molecule has 3 N–H and O–H groups in total. The topological polar surface area (TPSA) is 58.4 Å². The molecule has 1 rings (SSSR count). The lowest BCUT2D eigenvalue weighted by molar-refractivity contribution is -0.120. The second-order valence-corrected chi connectivity index (χ2v) is 5.45. The fourth-order valence-corrected chi connectivity index (χ4v) is 2.54. The van der Waals surface area contributed by atoms with Gasteiger partial charge in [-0.25, -0.2) is 0 Å². The van der Waals surface area contributed by atoms with Gasteiger partial charge in [0.25, 0.3) is 0 Å². The predicted molar refractivity (Wildman–Crippen MR) is 70.7 cm³/mol. The molecule has 1 fully saturated rings. The molecule has 0 aliphatic carbocycles. The van der Waals surface area contributed by atoms with E-state index in [4.69, 9.17) is 5.73 Å². The third-order valence-corrected chi connectivity index (χ3v) is 3.50. The highest BCUT2D eigenvalue weighted by Gasteiger charge is 2.24. The standard InChI is InChI=1S/C13H27N3O/c1-4-11-6-5-7-16(8-11)9-12(13(14)17)15-10(2)3/h10-12,15H,4-9H2,1-3H3,(H2,14,17). The second-order valence-electron chi connectivity index (χ2n) is 5.45. The van der Waals surface area contributed by atoms with Crippen LogP contribution in [-0.4, -0.2) is 42.5 Å². The number of piperidine rings is 1. The summed E-state index contributed by atoms with van der Waals surface area (Å²) in [5.41, 5.74) is 5.44. The summed E-state index contributed by atoms with van der Waals surface area (Å²) < 4.78 is 0. The Morgan fingerprint density at radius 2 is 2.24 bits per heavy atom. The van der Waals surface area contributed by atoms with E-state index in [1.54, 1.807) is 0 Å². The van der Waals surface area contributed by atoms with Crippen LogP contribution in [-0.2, 0) is 4.79 Å². The van der Waals surface area contributed by atoms with Gasteiger partial charge in [-0.15, -0.1) is 0 Å². The number of amides is 1. The molecule has 1 aliphatic rings. The Bertz CT molecular complexity index is 243. The molecule has 1 heterocycles. The van der Waals surface area contributed by atoms with Gasteiger partial charge in [-0.05, 0) is 25.3 Å². The van der Waals surface area contributed by atoms with Crippen LogP contribution >= 0.6 is 0 Å². The molecule has 0 saturated carbocycles. The number of carbonyl (C=O) groups is 1. The molecule has 17 heavy (non-hydrogen) atoms. The molecule has 1 aliphatic heterocycles. The van der Waals surface area contributed by atoms with E-state index in [1.165, 1.54) is 19.3 Å². The Hall–Kier alpha value is -0.610. The van der Waals surface area contributed by atoms with Crippen molar-refractivity contribution in [3.63, 3.8) is 0 Å². The van der Waals surface area contributed by atoms with Crippen molar-refractivity contribution in [3.8, 4) is 0 Å². The average molecular weight is 241 g/mol. The summed E-state index contributed by atoms with van der Waals surface area (Å²) in [4.78, 5) is 13.8. The Balaban J connectivity index is 2.45. The van der Waals surface area contributed by atoms with Crippen molar-refractivity contribution in [3.05, 3.63) is 0 Å². The molecule has 0 aromatic carbocycles. The smallest absolute Gasteiger partial charge is 0.235 e. The summed E-state index contributed by atoms with van der Waals surface area (Å²) in [6.07, 6.45) is 3.80. The van der Waals surface area contributed by atoms with Crippen LogP contribution < -0.4 is 11.1 Å². The zero-order chi connectivity index (χ0) is 12.8. The molecule has 1 saturated heterocycles. The maximum atomic E-state index is 11.4. The molecule has 4 nitrogen and oxygen atoms in total. The summed E-state index contributed by atoms with van der Waals surface area (Å²) in [7, 11) is 0. The maximum Gasteiger partial charge on any atom is 0.235 e. The van der Waals surface area contributed by atoms with Gasteiger partial charge in [0.2, 0.25) is 5.91 Å². The quantitative estimate of drug-likeness (QED) is 0.728. The summed E-state index contributed by atoms with van der Waals surface area (Å²) >= 11 is 0. The predicted octanol–water partition coefficient (Wildman–Crippen LogP) is 0.960. The summed E-state index contributed by atoms with van der Waals surface area (Å²) in [5.74, 6) is 0.550. The minimum Gasteiger partial charge on any atom is -0.368 e. The van der Waals surface area contributed by atoms with E-state index < -0.39 is 0 Å². The highest BCUT2D eigenvalue weighted by molar-refractivity contribution is 5.80. The lowest BCUT2D eigenvalue weighted by Gasteiger charge is -2.34. The molecule has 4 heteroatoms. The third kappa shape index (κ3) is 5.04. The van der Waals surface area contributed by atoms with Crippen molar-refractivity contribution in [1.82, 2.24) is 10.2 Å². The van der Waals surface area contributed by atoms with Crippen molar-refractivity contribution < 1.29 is 4.79 Å². The van der Waals surface area contributed by atoms with Crippen molar-refractivity contribution in [2.24, 2.45) is 11.7 Å². The van der Waals surface area contributed by atoms with E-state index in [0.717, 1.165) is 25.6 Å². The van der Waals surface area contributed by atoms with E-state index in [-0.39, 0.29) is 11.9 Å². The lowest BCUT2D eigenvalue weighted by Crippen LogP contribution is -2.52. The minimum absolute atomic E-state index is 0.217. The number of nitrogens with zero attached hydrogens (tertiary/aromatic N) is 1. The van der Waals surface area contributed by atoms with Gasteiger partial charge in [0.05, 0.1) is 6.04 Å². The zero-order valence-corrected chi connectivity index (χ0v) is 11.4. The average Bonchev–Trinajstić information content (AvgIpc) is 2.27. The number of hydrogen-bond donors (Lipinski definition) is 2. The first-order chi connectivity index (χ1) is 8.02. The van der Waals surface area contributed by atoms with Crippen LogP contribution in [0.5, 0.6) is 0 Å². The molecule has 0 aromatic heterocycles. The second kappa shape index (κ2) is 6.97. The Kier molecular flexibility index (Phi) is 5.92. The van der Waals surface area contributed by atoms with Crippen LogP contribution in [0.2, 0.25) is 0 Å². The van der Waals surface area contributed by atoms with E-state index in [1.807, 2.05) is 13.8 Å². The number of likely N-dealkylation sites (tertiary alicyclic amines) is 1. The maximum absolute atomic E-state index is 11.4. The summed E-state index contributed by atoms with van der Waals surface area (Å²) in [6.45, 7) is 9.29. The first-order valence-corrected chi connectivity index (χ1v) is 6.80. The molecule has 100 valence electrons. The van der Waals surface area contributed by atoms with Gasteiger partial charge in [0.1, 0.15) is 0 Å². The summed E-state index contributed by atoms with van der Waals surface area (Å²) in [5, 5.41) is 3.24. The molecule has 2 unspecified atom stereocenters. The lowest BCUT2D eigenvalue weighted by atomic mass is 9.95. The highest BCUT2D eigenvalue weighted by Crippen LogP contribution is 2.19. The largest absolute Gasteiger partial charge is 0.368 e. The minimum atomic E-state index is -0.239. The molecular weight excluding hydrogens is 214 g/mol. The fourth-order valence-electron chi connectivity index (χ4n) is 2.54. The number of primary amides is 1. The van der Waals surface area contributed by atoms with E-state index >= 15 is 0 Å². The zero-order valence-electron chi connectivity index (χ0n) is 11.4. The molecule has 0 bridgehead atoms. The highest BCUT2D eigenvalue weighted by atomic mass is 16.1. The number of rotatable bonds is 6. The van der Waals surface area contributed by atoms with Crippen molar-refractivity contribution in [2.75, 3.05) is 19.6 Å². The third-order valence-electron chi connectivity index (χ3n) is 3.50. The van der Waals surface area contributed by atoms with Crippen LogP contribution in [0.25, 0.3) is 0 Å². The SMILES string of the molecule is CCC1CCCN(CC(NC(C)C)C(N)=O)C1. The number of carbonyl (C=O) groups excluding carboxylic acids is 1. The van der Waals surface area contributed by atoms with Gasteiger partial charge in [-0.3, -0.25) is 4.79 Å². The van der Waals surface area contributed by atoms with Crippen LogP contribution in [0.15, 0.2) is 0 Å². The molecule has 0 spiro atoms. The Morgan fingerprint density at radius 1 is 1.53 bits per heavy atom. The van der Waals surface area contributed by atoms with E-state index in [0.29, 0.717) is 6.04 Å². The van der Waals surface area contributed by atoms with E-state index in [9.17, 15) is 4.79 Å². The Morgan fingerprint density at radius 3 is 2.76 bits per heavy atom. The number of nitrogens with two attached hydrogens (primary N) is 1. The normalized spacial score (nSPS) is 23.9. The van der Waals surface area contributed by atoms with E-state index in [2.05, 4.69) is 17.1 Å². The Labute approximate surface area is 105 Å². The number of hydrogen-bond acceptors (Lipinski definition) is 3. The first kappa shape index (κ1) is 14.5. The molecule has 2 atom stereocenters. The van der Waals surface area contributed by atoms with Crippen molar-refractivity contribution >= 4 is 5.91 Å². The van der Waals surface area contributed by atoms with Gasteiger partial charge in [0, 0.05) is 19.1 Å². The van der Waals surface area contributed by atoms with Crippen molar-refractivity contribution in [1.29, 1.82) is 0 Å². The molecular formula is C13H27N3O. The van der Waals surface area contributed by atoms with Crippen LogP contribution in [0.3, 0.4) is 0 Å². The van der Waals surface area contributed by atoms with Crippen LogP contribution in [0, 0.1) is 5.92 Å². The van der Waals surface area contributed by atoms with Gasteiger partial charge >= 0.3 is 0 Å². The number of nitrogens with one attached hydrogen (secondary N) is 1. The van der Waals surface area contributed by atoms with Crippen LogP contribution in [0.1, 0.15) is 40.0 Å². The molecule has 0 aromatic rings. The monoisotopic (exact) mass is 241 g/mol. The van der Waals surface area contributed by atoms with Gasteiger partial charge in [-0.2, -0.15) is 0 Å². The van der Waals surface area contributed by atoms with Gasteiger partial charge in [-0.1, -0.05) is 27.2 Å². The first-order valence-electron chi connectivity index (χ1n) is 6.80. The van der Waals surface area contributed by atoms with Gasteiger partial charge in [0.15, 0.2) is 0 Å². The van der Waals surface area contributed by atoms with Crippen molar-refractivity contribution in [2.45, 2.75) is 52.1 Å². The van der Waals surface area contributed by atoms with Gasteiger partial charge < -0.3 is 16.0 Å². The van der Waals surface area contributed by atoms with Crippen LogP contribution in [0.4, 0.5) is 0 Å². The molecule has 0 radical (unpaired) electrons.